The Morgan fingerprint density at radius 1 is 1.16 bits per heavy atom. The number of amides is 2. The highest BCUT2D eigenvalue weighted by Gasteiger charge is 2.29. The van der Waals surface area contributed by atoms with Gasteiger partial charge in [-0.1, -0.05) is 26.2 Å². The Hall–Kier alpha value is -1.10. The molecule has 1 rings (SSSR count). The van der Waals surface area contributed by atoms with Gasteiger partial charge >= 0.3 is 0 Å². The third-order valence-electron chi connectivity index (χ3n) is 4.09. The van der Waals surface area contributed by atoms with Crippen LogP contribution in [-0.4, -0.2) is 41.9 Å². The summed E-state index contributed by atoms with van der Waals surface area (Å²) in [5.41, 5.74) is 4.57. The maximum Gasteiger partial charge on any atom is 0.237 e. The number of nitrogens with zero attached hydrogens (tertiary/aromatic N) is 1. The quantitative estimate of drug-likeness (QED) is 0.782. The molecule has 0 aromatic rings. The van der Waals surface area contributed by atoms with E-state index in [0.29, 0.717) is 6.42 Å². The zero-order chi connectivity index (χ0) is 14.3. The average Bonchev–Trinajstić information content (AvgIpc) is 2.35. The maximum atomic E-state index is 12.2. The summed E-state index contributed by atoms with van der Waals surface area (Å²) in [4.78, 5) is 25.4. The first-order chi connectivity index (χ1) is 8.99. The van der Waals surface area contributed by atoms with Crippen molar-refractivity contribution in [2.45, 2.75) is 57.9 Å². The lowest BCUT2D eigenvalue weighted by Gasteiger charge is -2.29. The van der Waals surface area contributed by atoms with Gasteiger partial charge in [0.2, 0.25) is 11.8 Å². The lowest BCUT2D eigenvalue weighted by atomic mass is 9.98. The van der Waals surface area contributed by atoms with E-state index >= 15 is 0 Å². The highest BCUT2D eigenvalue weighted by molar-refractivity contribution is 5.85. The molecular formula is C14H27N3O2. The van der Waals surface area contributed by atoms with Crippen molar-refractivity contribution in [2.24, 2.45) is 5.73 Å². The van der Waals surface area contributed by atoms with Crippen molar-refractivity contribution in [1.82, 2.24) is 10.2 Å². The molecule has 0 spiro atoms. The molecule has 0 unspecified atom stereocenters. The van der Waals surface area contributed by atoms with Gasteiger partial charge in [-0.15, -0.1) is 0 Å². The molecule has 0 radical (unpaired) electrons. The highest BCUT2D eigenvalue weighted by Crippen LogP contribution is 2.11. The molecule has 0 aromatic carbocycles. The Bertz CT molecular complexity index is 312. The molecule has 1 aliphatic heterocycles. The number of likely N-dealkylation sites (tertiary alicyclic amines) is 1. The van der Waals surface area contributed by atoms with Gasteiger partial charge in [0.05, 0.1) is 12.1 Å². The number of nitrogens with one attached hydrogen (secondary N) is 1. The SMILES string of the molecule is CC[C@@](C)(NCC(=O)N1CCCCCCC1)C(N)=O. The summed E-state index contributed by atoms with van der Waals surface area (Å²) in [6.45, 7) is 5.49. The number of primary amides is 1. The van der Waals surface area contributed by atoms with Crippen molar-refractivity contribution in [3.63, 3.8) is 0 Å². The predicted molar refractivity (Wildman–Crippen MR) is 75.6 cm³/mol. The lowest BCUT2D eigenvalue weighted by molar-refractivity contribution is -0.131. The molecule has 0 aromatic heterocycles. The second-order valence-electron chi connectivity index (χ2n) is 5.55. The molecule has 19 heavy (non-hydrogen) atoms. The summed E-state index contributed by atoms with van der Waals surface area (Å²) in [7, 11) is 0. The van der Waals surface area contributed by atoms with Gasteiger partial charge in [-0.2, -0.15) is 0 Å². The van der Waals surface area contributed by atoms with Gasteiger partial charge in [0.15, 0.2) is 0 Å². The molecule has 1 aliphatic rings. The van der Waals surface area contributed by atoms with E-state index in [-0.39, 0.29) is 12.5 Å². The summed E-state index contributed by atoms with van der Waals surface area (Å²) in [5.74, 6) is -0.335. The maximum absolute atomic E-state index is 12.2. The first-order valence-electron chi connectivity index (χ1n) is 7.32. The second kappa shape index (κ2) is 7.48. The molecule has 5 heteroatoms. The molecule has 1 fully saturated rings. The third-order valence-corrected chi connectivity index (χ3v) is 4.09. The van der Waals surface area contributed by atoms with Crippen molar-refractivity contribution >= 4 is 11.8 Å². The lowest BCUT2D eigenvalue weighted by Crippen LogP contribution is -2.55. The van der Waals surface area contributed by atoms with Crippen molar-refractivity contribution in [3.05, 3.63) is 0 Å². The van der Waals surface area contributed by atoms with E-state index in [1.807, 2.05) is 11.8 Å². The molecule has 2 amide bonds. The van der Waals surface area contributed by atoms with Gasteiger partial charge in [0.1, 0.15) is 0 Å². The van der Waals surface area contributed by atoms with Crippen molar-refractivity contribution in [2.75, 3.05) is 19.6 Å². The van der Waals surface area contributed by atoms with Crippen LogP contribution in [0.3, 0.4) is 0 Å². The fourth-order valence-corrected chi connectivity index (χ4v) is 2.27. The Morgan fingerprint density at radius 3 is 2.16 bits per heavy atom. The van der Waals surface area contributed by atoms with Gasteiger partial charge in [-0.25, -0.2) is 0 Å². The largest absolute Gasteiger partial charge is 0.368 e. The minimum absolute atomic E-state index is 0.0721. The monoisotopic (exact) mass is 269 g/mol. The van der Waals surface area contributed by atoms with Crippen LogP contribution in [0.5, 0.6) is 0 Å². The van der Waals surface area contributed by atoms with E-state index in [1.54, 1.807) is 6.92 Å². The minimum Gasteiger partial charge on any atom is -0.368 e. The number of nitrogens with two attached hydrogens (primary N) is 1. The Labute approximate surface area is 115 Å². The molecule has 1 heterocycles. The molecule has 5 nitrogen and oxygen atoms in total. The Kier molecular flexibility index (Phi) is 6.28. The second-order valence-corrected chi connectivity index (χ2v) is 5.55. The van der Waals surface area contributed by atoms with Crippen LogP contribution in [0.15, 0.2) is 0 Å². The fraction of sp³-hybridized carbons (Fsp3) is 0.857. The van der Waals surface area contributed by atoms with E-state index < -0.39 is 11.4 Å². The number of hydrogen-bond donors (Lipinski definition) is 2. The smallest absolute Gasteiger partial charge is 0.237 e. The van der Waals surface area contributed by atoms with E-state index in [0.717, 1.165) is 25.9 Å². The van der Waals surface area contributed by atoms with E-state index in [1.165, 1.54) is 19.3 Å². The molecule has 3 N–H and O–H groups in total. The van der Waals surface area contributed by atoms with Crippen LogP contribution in [0.4, 0.5) is 0 Å². The summed E-state index contributed by atoms with van der Waals surface area (Å²) >= 11 is 0. The van der Waals surface area contributed by atoms with Crippen LogP contribution in [0, 0.1) is 0 Å². The van der Waals surface area contributed by atoms with Crippen LogP contribution in [0.2, 0.25) is 0 Å². The summed E-state index contributed by atoms with van der Waals surface area (Å²) < 4.78 is 0. The summed E-state index contributed by atoms with van der Waals surface area (Å²) in [6.07, 6.45) is 6.40. The van der Waals surface area contributed by atoms with Gasteiger partial charge in [-0.05, 0) is 26.2 Å². The zero-order valence-electron chi connectivity index (χ0n) is 12.2. The Morgan fingerprint density at radius 2 is 1.68 bits per heavy atom. The first-order valence-corrected chi connectivity index (χ1v) is 7.32. The molecule has 0 bridgehead atoms. The van der Waals surface area contributed by atoms with Crippen molar-refractivity contribution in [1.29, 1.82) is 0 Å². The first kappa shape index (κ1) is 16.0. The molecule has 1 atom stereocenters. The molecule has 0 saturated carbocycles. The minimum atomic E-state index is -0.793. The van der Waals surface area contributed by atoms with Gasteiger partial charge in [-0.3, -0.25) is 14.9 Å². The average molecular weight is 269 g/mol. The Balaban J connectivity index is 2.46. The standard InChI is InChI=1S/C14H27N3O2/c1-3-14(2,13(15)19)16-11-12(18)17-9-7-5-4-6-8-10-17/h16H,3-11H2,1-2H3,(H2,15,19)/t14-/m1/s1. The van der Waals surface area contributed by atoms with Crippen LogP contribution < -0.4 is 11.1 Å². The highest BCUT2D eigenvalue weighted by atomic mass is 16.2. The fourth-order valence-electron chi connectivity index (χ4n) is 2.27. The predicted octanol–water partition coefficient (Wildman–Crippen LogP) is 1.02. The zero-order valence-corrected chi connectivity index (χ0v) is 12.2. The van der Waals surface area contributed by atoms with Gasteiger partial charge in [0.25, 0.3) is 0 Å². The van der Waals surface area contributed by atoms with E-state index in [9.17, 15) is 9.59 Å². The molecule has 0 aliphatic carbocycles. The topological polar surface area (TPSA) is 75.4 Å². The van der Waals surface area contributed by atoms with Crippen LogP contribution in [0.25, 0.3) is 0 Å². The van der Waals surface area contributed by atoms with E-state index in [4.69, 9.17) is 5.73 Å². The van der Waals surface area contributed by atoms with Crippen molar-refractivity contribution < 1.29 is 9.59 Å². The molecule has 1 saturated heterocycles. The summed E-state index contributed by atoms with van der Waals surface area (Å²) in [5, 5.41) is 3.01. The molecule has 110 valence electrons. The normalized spacial score (nSPS) is 20.2. The van der Waals surface area contributed by atoms with Gasteiger partial charge in [0, 0.05) is 13.1 Å². The number of carbonyl (C=O) groups is 2. The number of rotatable bonds is 5. The van der Waals surface area contributed by atoms with Crippen LogP contribution in [0.1, 0.15) is 52.4 Å². The van der Waals surface area contributed by atoms with Crippen LogP contribution in [-0.2, 0) is 9.59 Å². The number of hydrogen-bond acceptors (Lipinski definition) is 3. The van der Waals surface area contributed by atoms with Crippen molar-refractivity contribution in [3.8, 4) is 0 Å². The van der Waals surface area contributed by atoms with Crippen LogP contribution >= 0.6 is 0 Å². The summed E-state index contributed by atoms with van der Waals surface area (Å²) in [6, 6.07) is 0. The molecular weight excluding hydrogens is 242 g/mol. The number of carbonyl (C=O) groups excluding carboxylic acids is 2. The third kappa shape index (κ3) is 4.82. The van der Waals surface area contributed by atoms with Gasteiger partial charge < -0.3 is 10.6 Å². The van der Waals surface area contributed by atoms with E-state index in [2.05, 4.69) is 5.32 Å².